The molecule has 1 rings (SSSR count). The van der Waals surface area contributed by atoms with E-state index in [1.807, 2.05) is 33.0 Å². The van der Waals surface area contributed by atoms with Crippen molar-refractivity contribution in [2.24, 2.45) is 0 Å². The number of amides is 1. The second-order valence-electron chi connectivity index (χ2n) is 2.68. The minimum Gasteiger partial charge on any atom is -0.337 e. The minimum absolute atomic E-state index is 0.139. The third-order valence-electron chi connectivity index (χ3n) is 1.97. The fourth-order valence-corrected chi connectivity index (χ4v) is 1.31. The van der Waals surface area contributed by atoms with Crippen LogP contribution in [0.5, 0.6) is 0 Å². The van der Waals surface area contributed by atoms with E-state index in [0.29, 0.717) is 0 Å². The summed E-state index contributed by atoms with van der Waals surface area (Å²) in [6, 6.07) is 0. The van der Waals surface area contributed by atoms with Crippen LogP contribution in [-0.4, -0.2) is 24.4 Å². The summed E-state index contributed by atoms with van der Waals surface area (Å²) < 4.78 is 0. The molecule has 0 atom stereocenters. The quantitative estimate of drug-likeness (QED) is 0.478. The average molecular weight is 151 g/mol. The monoisotopic (exact) mass is 151 g/mol. The molecule has 0 radical (unpaired) electrons. The van der Waals surface area contributed by atoms with E-state index >= 15 is 0 Å². The van der Waals surface area contributed by atoms with Gasteiger partial charge >= 0.3 is 0 Å². The highest BCUT2D eigenvalue weighted by molar-refractivity contribution is 6.01. The van der Waals surface area contributed by atoms with Crippen molar-refractivity contribution < 1.29 is 4.79 Å². The molecule has 1 aliphatic rings. The van der Waals surface area contributed by atoms with Crippen LogP contribution in [0.2, 0.25) is 0 Å². The third kappa shape index (κ3) is 1.20. The molecule has 60 valence electrons. The minimum atomic E-state index is 0.139. The number of hydrogen-bond donors (Lipinski definition) is 0. The Labute approximate surface area is 67.2 Å². The van der Waals surface area contributed by atoms with E-state index in [-0.39, 0.29) is 5.91 Å². The average Bonchev–Trinajstić information content (AvgIpc) is 2.28. The summed E-state index contributed by atoms with van der Waals surface area (Å²) in [6.07, 6.45) is 3.87. The molecule has 2 nitrogen and oxygen atoms in total. The number of likely N-dealkylation sites (N-methyl/N-ethyl adjacent to an activating group) is 1. The van der Waals surface area contributed by atoms with Crippen molar-refractivity contribution in [1.82, 2.24) is 4.90 Å². The topological polar surface area (TPSA) is 20.3 Å². The van der Waals surface area contributed by atoms with E-state index in [2.05, 4.69) is 0 Å². The van der Waals surface area contributed by atoms with Crippen molar-refractivity contribution in [3.63, 3.8) is 0 Å². The molecule has 1 heterocycles. The summed E-state index contributed by atoms with van der Waals surface area (Å²) in [5.41, 5.74) is 2.00. The normalized spacial score (nSPS) is 25.7. The molecular weight excluding hydrogens is 138 g/mol. The third-order valence-corrected chi connectivity index (χ3v) is 1.97. The van der Waals surface area contributed by atoms with Crippen molar-refractivity contribution in [3.05, 3.63) is 23.3 Å². The maximum atomic E-state index is 11.3. The SMILES string of the molecule is C/C=C1/CN(C)C(=O)/C1=C/C. The van der Waals surface area contributed by atoms with Crippen LogP contribution in [0, 0.1) is 0 Å². The maximum Gasteiger partial charge on any atom is 0.253 e. The lowest BCUT2D eigenvalue weighted by molar-refractivity contribution is -0.123. The van der Waals surface area contributed by atoms with Gasteiger partial charge in [-0.2, -0.15) is 0 Å². The molecule has 0 aromatic heterocycles. The number of rotatable bonds is 0. The van der Waals surface area contributed by atoms with Gasteiger partial charge in [0.25, 0.3) is 5.91 Å². The predicted molar refractivity (Wildman–Crippen MR) is 45.2 cm³/mol. The first-order valence-corrected chi connectivity index (χ1v) is 3.78. The molecule has 1 aliphatic heterocycles. The number of allylic oxidation sites excluding steroid dienone is 2. The molecule has 0 saturated carbocycles. The number of likely N-dealkylation sites (tertiary alicyclic amines) is 1. The summed E-state index contributed by atoms with van der Waals surface area (Å²) in [5, 5.41) is 0. The second-order valence-corrected chi connectivity index (χ2v) is 2.68. The highest BCUT2D eigenvalue weighted by Crippen LogP contribution is 2.21. The lowest BCUT2D eigenvalue weighted by atomic mass is 10.1. The summed E-state index contributed by atoms with van der Waals surface area (Å²) in [6.45, 7) is 4.62. The standard InChI is InChI=1S/C9H13NO/c1-4-7-6-10(3)9(11)8(7)5-2/h4-5H,6H2,1-3H3/b7-4-,8-5+. The molecule has 0 spiro atoms. The van der Waals surface area contributed by atoms with Gasteiger partial charge < -0.3 is 4.90 Å². The number of nitrogens with zero attached hydrogens (tertiary/aromatic N) is 1. The van der Waals surface area contributed by atoms with E-state index in [0.717, 1.165) is 17.7 Å². The first-order chi connectivity index (χ1) is 5.20. The van der Waals surface area contributed by atoms with Gasteiger partial charge in [0, 0.05) is 19.2 Å². The van der Waals surface area contributed by atoms with Gasteiger partial charge in [0.05, 0.1) is 0 Å². The summed E-state index contributed by atoms with van der Waals surface area (Å²) in [7, 11) is 1.82. The van der Waals surface area contributed by atoms with E-state index in [1.54, 1.807) is 4.90 Å². The van der Waals surface area contributed by atoms with Gasteiger partial charge in [0.2, 0.25) is 0 Å². The van der Waals surface area contributed by atoms with E-state index in [1.165, 1.54) is 0 Å². The molecule has 2 heteroatoms. The number of hydrogen-bond acceptors (Lipinski definition) is 1. The zero-order valence-electron chi connectivity index (χ0n) is 7.22. The summed E-state index contributed by atoms with van der Waals surface area (Å²) in [5.74, 6) is 0.139. The van der Waals surface area contributed by atoms with Crippen molar-refractivity contribution in [2.75, 3.05) is 13.6 Å². The Bertz CT molecular complexity index is 238. The van der Waals surface area contributed by atoms with Crippen molar-refractivity contribution in [1.29, 1.82) is 0 Å². The fraction of sp³-hybridized carbons (Fsp3) is 0.444. The Morgan fingerprint density at radius 2 is 2.00 bits per heavy atom. The van der Waals surface area contributed by atoms with Crippen LogP contribution in [0.1, 0.15) is 13.8 Å². The first kappa shape index (κ1) is 8.05. The smallest absolute Gasteiger partial charge is 0.253 e. The maximum absolute atomic E-state index is 11.3. The Hall–Kier alpha value is -1.05. The van der Waals surface area contributed by atoms with Crippen LogP contribution in [0.25, 0.3) is 0 Å². The molecule has 0 aliphatic carbocycles. The molecule has 0 unspecified atom stereocenters. The van der Waals surface area contributed by atoms with Crippen LogP contribution in [0.3, 0.4) is 0 Å². The van der Waals surface area contributed by atoms with Gasteiger partial charge in [0.15, 0.2) is 0 Å². The van der Waals surface area contributed by atoms with Gasteiger partial charge in [-0.25, -0.2) is 0 Å². The van der Waals surface area contributed by atoms with Gasteiger partial charge in [-0.15, -0.1) is 0 Å². The van der Waals surface area contributed by atoms with Crippen molar-refractivity contribution in [2.45, 2.75) is 13.8 Å². The zero-order valence-corrected chi connectivity index (χ0v) is 7.22. The highest BCUT2D eigenvalue weighted by atomic mass is 16.2. The van der Waals surface area contributed by atoms with Crippen molar-refractivity contribution >= 4 is 5.91 Å². The molecule has 11 heavy (non-hydrogen) atoms. The fourth-order valence-electron chi connectivity index (χ4n) is 1.31. The van der Waals surface area contributed by atoms with Gasteiger partial charge in [0.1, 0.15) is 0 Å². The predicted octanol–water partition coefficient (Wildman–Crippen LogP) is 1.35. The number of carbonyl (C=O) groups is 1. The molecule has 1 saturated heterocycles. The molecule has 1 fully saturated rings. The molecule has 1 amide bonds. The van der Waals surface area contributed by atoms with Gasteiger partial charge in [-0.05, 0) is 19.4 Å². The van der Waals surface area contributed by atoms with Crippen molar-refractivity contribution in [3.8, 4) is 0 Å². The van der Waals surface area contributed by atoms with Gasteiger partial charge in [-0.1, -0.05) is 12.2 Å². The lowest BCUT2D eigenvalue weighted by Crippen LogP contribution is -2.18. The van der Waals surface area contributed by atoms with Crippen LogP contribution < -0.4 is 0 Å². The zero-order chi connectivity index (χ0) is 8.43. The Kier molecular flexibility index (Phi) is 2.13. The summed E-state index contributed by atoms with van der Waals surface area (Å²) >= 11 is 0. The first-order valence-electron chi connectivity index (χ1n) is 3.78. The van der Waals surface area contributed by atoms with Gasteiger partial charge in [-0.3, -0.25) is 4.79 Å². The van der Waals surface area contributed by atoms with Crippen LogP contribution in [-0.2, 0) is 4.79 Å². The molecule has 0 bridgehead atoms. The molecular formula is C9H13NO. The van der Waals surface area contributed by atoms with E-state index in [9.17, 15) is 4.79 Å². The Morgan fingerprint density at radius 3 is 2.36 bits per heavy atom. The molecule has 0 aromatic carbocycles. The summed E-state index contributed by atoms with van der Waals surface area (Å²) in [4.78, 5) is 13.0. The molecule has 0 aromatic rings. The highest BCUT2D eigenvalue weighted by Gasteiger charge is 2.25. The van der Waals surface area contributed by atoms with Crippen LogP contribution >= 0.6 is 0 Å². The molecule has 0 N–H and O–H groups in total. The largest absolute Gasteiger partial charge is 0.337 e. The Balaban J connectivity index is 3.01. The number of carbonyl (C=O) groups excluding carboxylic acids is 1. The second kappa shape index (κ2) is 2.91. The van der Waals surface area contributed by atoms with E-state index in [4.69, 9.17) is 0 Å². The van der Waals surface area contributed by atoms with Crippen LogP contribution in [0.4, 0.5) is 0 Å². The van der Waals surface area contributed by atoms with E-state index < -0.39 is 0 Å². The lowest BCUT2D eigenvalue weighted by Gasteiger charge is -2.03. The van der Waals surface area contributed by atoms with Crippen LogP contribution in [0.15, 0.2) is 23.3 Å². The Morgan fingerprint density at radius 1 is 1.36 bits per heavy atom.